The van der Waals surface area contributed by atoms with Crippen LogP contribution in [0.25, 0.3) is 0 Å². The monoisotopic (exact) mass is 356 g/mol. The first-order valence-electron chi connectivity index (χ1n) is 6.77. The van der Waals surface area contributed by atoms with Gasteiger partial charge in [-0.2, -0.15) is 0 Å². The predicted molar refractivity (Wildman–Crippen MR) is 88.6 cm³/mol. The summed E-state index contributed by atoms with van der Waals surface area (Å²) in [6.07, 6.45) is 1.40. The Hall–Kier alpha value is -1.83. The summed E-state index contributed by atoms with van der Waals surface area (Å²) >= 11 is 5.76. The van der Waals surface area contributed by atoms with Gasteiger partial charge in [-0.1, -0.05) is 11.6 Å². The van der Waals surface area contributed by atoms with Crippen LogP contribution < -0.4 is 9.04 Å². The number of sulfonamides is 1. The summed E-state index contributed by atoms with van der Waals surface area (Å²) in [5.74, 6) is 0.864. The van der Waals surface area contributed by atoms with Gasteiger partial charge in [-0.25, -0.2) is 13.4 Å². The Morgan fingerprint density at radius 2 is 1.83 bits per heavy atom. The second kappa shape index (κ2) is 7.63. The third-order valence-corrected chi connectivity index (χ3v) is 5.07. The number of pyridine rings is 1. The Balaban J connectivity index is 2.17. The SMILES string of the molecule is COCCOc1ccc(S(=O)(=O)N(C)c2ccc(Cl)cn2)cc1. The lowest BCUT2D eigenvalue weighted by Gasteiger charge is -2.18. The van der Waals surface area contributed by atoms with Crippen LogP contribution in [-0.4, -0.2) is 40.8 Å². The topological polar surface area (TPSA) is 68.7 Å². The molecule has 2 rings (SSSR count). The summed E-state index contributed by atoms with van der Waals surface area (Å²) in [7, 11) is -0.677. The maximum Gasteiger partial charge on any atom is 0.265 e. The Labute approximate surface area is 140 Å². The Morgan fingerprint density at radius 1 is 1.13 bits per heavy atom. The van der Waals surface area contributed by atoms with E-state index in [1.807, 2.05) is 0 Å². The second-order valence-corrected chi connectivity index (χ2v) is 7.03. The van der Waals surface area contributed by atoms with Crippen LogP contribution in [0, 0.1) is 0 Å². The fraction of sp³-hybridized carbons (Fsp3) is 0.267. The van der Waals surface area contributed by atoms with Crippen LogP contribution in [0.5, 0.6) is 5.75 Å². The van der Waals surface area contributed by atoms with Crippen LogP contribution in [-0.2, 0) is 14.8 Å². The van der Waals surface area contributed by atoms with E-state index in [2.05, 4.69) is 4.98 Å². The molecule has 6 nitrogen and oxygen atoms in total. The van der Waals surface area contributed by atoms with E-state index in [1.165, 1.54) is 25.4 Å². The van der Waals surface area contributed by atoms with E-state index in [4.69, 9.17) is 21.1 Å². The van der Waals surface area contributed by atoms with Crippen LogP contribution in [0.3, 0.4) is 0 Å². The number of hydrogen-bond donors (Lipinski definition) is 0. The van der Waals surface area contributed by atoms with Crippen molar-refractivity contribution in [3.63, 3.8) is 0 Å². The highest BCUT2D eigenvalue weighted by atomic mass is 35.5. The highest BCUT2D eigenvalue weighted by Crippen LogP contribution is 2.23. The van der Waals surface area contributed by atoms with E-state index in [0.29, 0.717) is 24.0 Å². The molecule has 0 bridgehead atoms. The lowest BCUT2D eigenvalue weighted by molar-refractivity contribution is 0.146. The Kier molecular flexibility index (Phi) is 5.81. The first-order chi connectivity index (χ1) is 10.9. The fourth-order valence-electron chi connectivity index (χ4n) is 1.79. The molecule has 0 amide bonds. The van der Waals surface area contributed by atoms with Crippen molar-refractivity contribution in [3.05, 3.63) is 47.6 Å². The molecule has 0 aliphatic heterocycles. The maximum atomic E-state index is 12.6. The van der Waals surface area contributed by atoms with Gasteiger partial charge in [0.1, 0.15) is 18.2 Å². The summed E-state index contributed by atoms with van der Waals surface area (Å²) in [5.41, 5.74) is 0. The molecule has 0 saturated carbocycles. The van der Waals surface area contributed by atoms with Crippen molar-refractivity contribution < 1.29 is 17.9 Å². The summed E-state index contributed by atoms with van der Waals surface area (Å²) in [5, 5.41) is 0.442. The van der Waals surface area contributed by atoms with Crippen molar-refractivity contribution in [1.82, 2.24) is 4.98 Å². The molecule has 2 aromatic rings. The molecule has 1 aromatic heterocycles. The van der Waals surface area contributed by atoms with Crippen LogP contribution in [0.2, 0.25) is 5.02 Å². The summed E-state index contributed by atoms with van der Waals surface area (Å²) < 4.78 is 36.6. The fourth-order valence-corrected chi connectivity index (χ4v) is 3.05. The minimum atomic E-state index is -3.70. The van der Waals surface area contributed by atoms with E-state index < -0.39 is 10.0 Å². The number of halogens is 1. The predicted octanol–water partition coefficient (Wildman–Crippen LogP) is 2.59. The number of benzene rings is 1. The molecule has 0 aliphatic carbocycles. The van der Waals surface area contributed by atoms with Crippen molar-refractivity contribution in [1.29, 1.82) is 0 Å². The molecule has 0 fully saturated rings. The number of anilines is 1. The molecule has 0 unspecified atom stereocenters. The van der Waals surface area contributed by atoms with Crippen molar-refractivity contribution >= 4 is 27.4 Å². The van der Waals surface area contributed by atoms with Gasteiger partial charge in [0.15, 0.2) is 0 Å². The molecular formula is C15H17ClN2O4S. The number of aromatic nitrogens is 1. The Morgan fingerprint density at radius 3 is 2.39 bits per heavy atom. The van der Waals surface area contributed by atoms with E-state index in [0.717, 1.165) is 4.31 Å². The van der Waals surface area contributed by atoms with Crippen LogP contribution >= 0.6 is 11.6 Å². The van der Waals surface area contributed by atoms with Gasteiger partial charge in [-0.3, -0.25) is 4.31 Å². The van der Waals surface area contributed by atoms with E-state index in [9.17, 15) is 8.42 Å². The van der Waals surface area contributed by atoms with Crippen LogP contribution in [0.4, 0.5) is 5.82 Å². The molecule has 0 radical (unpaired) electrons. The van der Waals surface area contributed by atoms with E-state index >= 15 is 0 Å². The molecule has 23 heavy (non-hydrogen) atoms. The minimum Gasteiger partial charge on any atom is -0.491 e. The minimum absolute atomic E-state index is 0.149. The molecule has 0 N–H and O–H groups in total. The molecule has 0 spiro atoms. The molecular weight excluding hydrogens is 340 g/mol. The average molecular weight is 357 g/mol. The zero-order valence-corrected chi connectivity index (χ0v) is 14.3. The van der Waals surface area contributed by atoms with Gasteiger partial charge in [-0.05, 0) is 36.4 Å². The largest absolute Gasteiger partial charge is 0.491 e. The third kappa shape index (κ3) is 4.34. The number of hydrogen-bond acceptors (Lipinski definition) is 5. The molecule has 0 saturated heterocycles. The van der Waals surface area contributed by atoms with E-state index in [1.54, 1.807) is 31.4 Å². The van der Waals surface area contributed by atoms with Crippen LogP contribution in [0.15, 0.2) is 47.5 Å². The van der Waals surface area contributed by atoms with Gasteiger partial charge in [0.2, 0.25) is 0 Å². The maximum absolute atomic E-state index is 12.6. The second-order valence-electron chi connectivity index (χ2n) is 4.62. The number of ether oxygens (including phenoxy) is 2. The highest BCUT2D eigenvalue weighted by molar-refractivity contribution is 7.92. The molecule has 0 aliphatic rings. The van der Waals surface area contributed by atoms with Gasteiger partial charge < -0.3 is 9.47 Å². The van der Waals surface area contributed by atoms with Crippen molar-refractivity contribution in [2.75, 3.05) is 31.7 Å². The molecule has 8 heteroatoms. The molecule has 0 atom stereocenters. The zero-order chi connectivity index (χ0) is 16.9. The summed E-state index contributed by atoms with van der Waals surface area (Å²) in [4.78, 5) is 4.16. The van der Waals surface area contributed by atoms with Gasteiger partial charge in [-0.15, -0.1) is 0 Å². The number of nitrogens with zero attached hydrogens (tertiary/aromatic N) is 2. The number of methoxy groups -OCH3 is 1. The first-order valence-corrected chi connectivity index (χ1v) is 8.59. The van der Waals surface area contributed by atoms with E-state index in [-0.39, 0.29) is 10.7 Å². The summed E-state index contributed by atoms with van der Waals surface area (Å²) in [6, 6.07) is 9.32. The smallest absolute Gasteiger partial charge is 0.265 e. The zero-order valence-electron chi connectivity index (χ0n) is 12.8. The summed E-state index contributed by atoms with van der Waals surface area (Å²) in [6.45, 7) is 0.863. The average Bonchev–Trinajstić information content (AvgIpc) is 2.55. The molecule has 1 aromatic carbocycles. The van der Waals surface area contributed by atoms with Crippen molar-refractivity contribution in [3.8, 4) is 5.75 Å². The van der Waals surface area contributed by atoms with Gasteiger partial charge in [0, 0.05) is 20.4 Å². The highest BCUT2D eigenvalue weighted by Gasteiger charge is 2.22. The van der Waals surface area contributed by atoms with Crippen molar-refractivity contribution in [2.24, 2.45) is 0 Å². The quantitative estimate of drug-likeness (QED) is 0.713. The Bertz CT molecular complexity index is 733. The molecule has 124 valence electrons. The van der Waals surface area contributed by atoms with Gasteiger partial charge >= 0.3 is 0 Å². The lowest BCUT2D eigenvalue weighted by Crippen LogP contribution is -2.27. The standard InChI is InChI=1S/C15H17ClN2O4S/c1-18(15-8-3-12(16)11-17-15)23(19,20)14-6-4-13(5-7-14)22-10-9-21-2/h3-8,11H,9-10H2,1-2H3. The van der Waals surface area contributed by atoms with Gasteiger partial charge in [0.25, 0.3) is 10.0 Å². The number of rotatable bonds is 7. The van der Waals surface area contributed by atoms with Crippen molar-refractivity contribution in [2.45, 2.75) is 4.90 Å². The third-order valence-electron chi connectivity index (χ3n) is 3.07. The first kappa shape index (κ1) is 17.5. The molecule has 1 heterocycles. The van der Waals surface area contributed by atoms with Gasteiger partial charge in [0.05, 0.1) is 16.5 Å². The normalized spacial score (nSPS) is 11.3. The lowest BCUT2D eigenvalue weighted by atomic mass is 10.3. The van der Waals surface area contributed by atoms with Crippen LogP contribution in [0.1, 0.15) is 0 Å².